The number of esters is 1. The second-order valence-electron chi connectivity index (χ2n) is 4.64. The Morgan fingerprint density at radius 2 is 2.21 bits per heavy atom. The van der Waals surface area contributed by atoms with E-state index in [1.807, 2.05) is 36.3 Å². The van der Waals surface area contributed by atoms with Crippen molar-refractivity contribution in [1.29, 1.82) is 5.41 Å². The smallest absolute Gasteiger partial charge is 0.373 e. The first-order valence-electron chi connectivity index (χ1n) is 7.25. The monoisotopic (exact) mass is 344 g/mol. The molecule has 0 atom stereocenters. The highest BCUT2D eigenvalue weighted by Crippen LogP contribution is 2.19. The average molecular weight is 344 g/mol. The summed E-state index contributed by atoms with van der Waals surface area (Å²) in [5.74, 6) is -0.523. The van der Waals surface area contributed by atoms with Crippen LogP contribution in [-0.4, -0.2) is 34.6 Å². The Morgan fingerprint density at radius 3 is 2.83 bits per heavy atom. The minimum Gasteiger partial charge on any atom is -0.460 e. The van der Waals surface area contributed by atoms with Crippen LogP contribution in [0.15, 0.2) is 53.0 Å². The van der Waals surface area contributed by atoms with E-state index < -0.39 is 5.97 Å². The highest BCUT2D eigenvalue weighted by Gasteiger charge is 2.24. The lowest BCUT2D eigenvalue weighted by molar-refractivity contribution is -0.579. The molecule has 0 amide bonds. The first-order chi connectivity index (χ1) is 11.7. The maximum Gasteiger partial charge on any atom is 0.373 e. The zero-order valence-corrected chi connectivity index (χ0v) is 14.3. The second kappa shape index (κ2) is 8.81. The van der Waals surface area contributed by atoms with Crippen LogP contribution in [0.25, 0.3) is 5.70 Å². The minimum atomic E-state index is -0.523. The Bertz CT molecular complexity index is 779. The maximum absolute atomic E-state index is 12.3. The molecule has 0 aliphatic heterocycles. The van der Waals surface area contributed by atoms with Gasteiger partial charge in [-0.05, 0) is 18.7 Å². The first kappa shape index (κ1) is 17.7. The number of hydrogen-bond donors (Lipinski definition) is 1. The molecule has 24 heavy (non-hydrogen) atoms. The molecule has 1 N–H and O–H groups in total. The van der Waals surface area contributed by atoms with Gasteiger partial charge in [0.2, 0.25) is 12.0 Å². The minimum absolute atomic E-state index is 0.211. The van der Waals surface area contributed by atoms with Crippen molar-refractivity contribution in [3.8, 4) is 0 Å². The van der Waals surface area contributed by atoms with Crippen LogP contribution in [-0.2, 0) is 16.1 Å². The van der Waals surface area contributed by atoms with Gasteiger partial charge in [-0.1, -0.05) is 30.3 Å². The molecule has 124 valence electrons. The van der Waals surface area contributed by atoms with Crippen LogP contribution in [0.1, 0.15) is 12.5 Å². The average Bonchev–Trinajstić information content (AvgIpc) is 3.03. The summed E-state index contributed by atoms with van der Waals surface area (Å²) in [4.78, 5) is 16.1. The van der Waals surface area contributed by atoms with Crippen LogP contribution in [0.3, 0.4) is 0 Å². The fourth-order valence-corrected chi connectivity index (χ4v) is 2.56. The van der Waals surface area contributed by atoms with Gasteiger partial charge < -0.3 is 4.74 Å². The molecular formula is C16H18N5O2S+. The van der Waals surface area contributed by atoms with E-state index in [4.69, 9.17) is 10.1 Å². The number of benzene rings is 1. The molecule has 0 saturated carbocycles. The predicted molar refractivity (Wildman–Crippen MR) is 91.5 cm³/mol. The molecule has 0 aliphatic carbocycles. The molecule has 0 radical (unpaired) electrons. The van der Waals surface area contributed by atoms with Crippen molar-refractivity contribution in [2.24, 2.45) is 4.99 Å². The van der Waals surface area contributed by atoms with Crippen LogP contribution in [0.4, 0.5) is 0 Å². The van der Waals surface area contributed by atoms with Gasteiger partial charge >= 0.3 is 5.97 Å². The summed E-state index contributed by atoms with van der Waals surface area (Å²) in [6.45, 7) is 2.56. The molecular weight excluding hydrogens is 326 g/mol. The van der Waals surface area contributed by atoms with E-state index in [0.717, 1.165) is 5.56 Å². The summed E-state index contributed by atoms with van der Waals surface area (Å²) in [5, 5.41) is 11.7. The molecule has 0 spiro atoms. The first-order valence-corrected chi connectivity index (χ1v) is 8.48. The van der Waals surface area contributed by atoms with Crippen molar-refractivity contribution in [2.75, 3.05) is 12.9 Å². The summed E-state index contributed by atoms with van der Waals surface area (Å²) in [5.41, 5.74) is 1.31. The maximum atomic E-state index is 12.3. The highest BCUT2D eigenvalue weighted by molar-refractivity contribution is 8.02. The Morgan fingerprint density at radius 1 is 1.46 bits per heavy atom. The summed E-state index contributed by atoms with van der Waals surface area (Å²) < 4.78 is 8.36. The SMILES string of the molecule is CCOC(=O)/C(=C(\N=C=N)SC)[n+]1cnn(Cc2ccccc2)c1. The predicted octanol–water partition coefficient (Wildman–Crippen LogP) is 2.02. The Balaban J connectivity index is 2.37. The van der Waals surface area contributed by atoms with E-state index in [1.165, 1.54) is 18.1 Å². The molecule has 0 saturated heterocycles. The van der Waals surface area contributed by atoms with Gasteiger partial charge in [-0.25, -0.2) is 10.2 Å². The summed E-state index contributed by atoms with van der Waals surface area (Å²) >= 11 is 1.24. The van der Waals surface area contributed by atoms with Crippen molar-refractivity contribution in [2.45, 2.75) is 13.5 Å². The Hall–Kier alpha value is -2.70. The topological polar surface area (TPSA) is 84.2 Å². The van der Waals surface area contributed by atoms with Gasteiger partial charge in [-0.3, -0.25) is 0 Å². The summed E-state index contributed by atoms with van der Waals surface area (Å²) in [7, 11) is 0. The van der Waals surface area contributed by atoms with E-state index in [0.29, 0.717) is 11.6 Å². The van der Waals surface area contributed by atoms with Gasteiger partial charge in [0.05, 0.1) is 12.6 Å². The summed E-state index contributed by atoms with van der Waals surface area (Å²) in [6.07, 6.45) is 4.98. The number of aliphatic imine (C=N–C) groups is 1. The third-order valence-corrected chi connectivity index (χ3v) is 3.72. The quantitative estimate of drug-likeness (QED) is 0.360. The van der Waals surface area contributed by atoms with Gasteiger partial charge in [0, 0.05) is 5.10 Å². The largest absolute Gasteiger partial charge is 0.460 e. The fourth-order valence-electron chi connectivity index (χ4n) is 2.04. The van der Waals surface area contributed by atoms with Gasteiger partial charge in [0.1, 0.15) is 6.54 Å². The summed E-state index contributed by atoms with van der Waals surface area (Å²) in [6, 6.07) is 11.8. The number of rotatable bonds is 7. The molecule has 0 unspecified atom stereocenters. The van der Waals surface area contributed by atoms with E-state index in [2.05, 4.69) is 10.1 Å². The molecule has 0 fully saturated rings. The van der Waals surface area contributed by atoms with Crippen molar-refractivity contribution < 1.29 is 14.1 Å². The van der Waals surface area contributed by atoms with Crippen molar-refractivity contribution in [1.82, 2.24) is 9.78 Å². The molecule has 0 bridgehead atoms. The van der Waals surface area contributed by atoms with Crippen molar-refractivity contribution >= 4 is 29.4 Å². The number of carbonyl (C=O) groups excluding carboxylic acids is 1. The molecule has 1 aromatic heterocycles. The molecule has 1 heterocycles. The van der Waals surface area contributed by atoms with Crippen molar-refractivity contribution in [3.05, 3.63) is 53.6 Å². The molecule has 1 aromatic carbocycles. The molecule has 2 rings (SSSR count). The third kappa shape index (κ3) is 4.41. The number of nitrogens with zero attached hydrogens (tertiary/aromatic N) is 4. The number of thioether (sulfide) groups is 1. The molecule has 0 aliphatic rings. The van der Waals surface area contributed by atoms with Crippen LogP contribution in [0.5, 0.6) is 0 Å². The van der Waals surface area contributed by atoms with Crippen molar-refractivity contribution in [3.63, 3.8) is 0 Å². The van der Waals surface area contributed by atoms with Crippen LogP contribution >= 0.6 is 11.8 Å². The van der Waals surface area contributed by atoms with E-state index >= 15 is 0 Å². The molecule has 2 aromatic rings. The fraction of sp³-hybridized carbons (Fsp3) is 0.250. The van der Waals surface area contributed by atoms with E-state index in [9.17, 15) is 4.79 Å². The normalized spacial score (nSPS) is 11.4. The van der Waals surface area contributed by atoms with Crippen LogP contribution in [0, 0.1) is 5.41 Å². The number of carbonyl (C=O) groups is 1. The van der Waals surface area contributed by atoms with E-state index in [1.54, 1.807) is 28.8 Å². The Labute approximate surface area is 144 Å². The lowest BCUT2D eigenvalue weighted by Crippen LogP contribution is -2.36. The lowest BCUT2D eigenvalue weighted by Gasteiger charge is -2.05. The number of hydrogen-bond acceptors (Lipinski definition) is 6. The zero-order chi connectivity index (χ0) is 17.4. The van der Waals surface area contributed by atoms with Crippen LogP contribution in [0.2, 0.25) is 0 Å². The Kier molecular flexibility index (Phi) is 6.48. The number of nitrogens with one attached hydrogen (secondary N) is 1. The molecule has 8 heteroatoms. The number of ether oxygens (including phenoxy) is 1. The van der Waals surface area contributed by atoms with Gasteiger partial charge in [0.25, 0.3) is 6.33 Å². The standard InChI is InChI=1S/C16H18N5O2S/c1-3-23-16(22)14(15(24-2)18-10-17)20-11-19-21(12-20)9-13-7-5-4-6-8-13/h4-8,11-12,17H,3,9H2,1-2H3/q+1/b15-14-. The van der Waals surface area contributed by atoms with Gasteiger partial charge in [-0.15, -0.1) is 16.4 Å². The third-order valence-electron chi connectivity index (χ3n) is 3.05. The van der Waals surface area contributed by atoms with Gasteiger partial charge in [0.15, 0.2) is 5.03 Å². The van der Waals surface area contributed by atoms with E-state index in [-0.39, 0.29) is 12.3 Å². The zero-order valence-electron chi connectivity index (χ0n) is 13.5. The van der Waals surface area contributed by atoms with Gasteiger partial charge in [-0.2, -0.15) is 9.56 Å². The highest BCUT2D eigenvalue weighted by atomic mass is 32.2. The van der Waals surface area contributed by atoms with Crippen LogP contribution < -0.4 is 4.57 Å². The second-order valence-corrected chi connectivity index (χ2v) is 5.43. The lowest BCUT2D eigenvalue weighted by atomic mass is 10.2. The number of aromatic nitrogens is 3. The molecule has 7 nitrogen and oxygen atoms in total.